The first-order chi connectivity index (χ1) is 8.11. The van der Waals surface area contributed by atoms with Crippen molar-refractivity contribution in [2.45, 2.75) is 6.54 Å². The molecule has 0 aliphatic heterocycles. The molecule has 0 spiro atoms. The fraction of sp³-hybridized carbons (Fsp3) is 0.333. The lowest BCUT2D eigenvalue weighted by atomic mass is 10.2. The number of rotatable bonds is 3. The van der Waals surface area contributed by atoms with Crippen molar-refractivity contribution < 1.29 is 4.42 Å². The Morgan fingerprint density at radius 3 is 3.00 bits per heavy atom. The van der Waals surface area contributed by atoms with E-state index < -0.39 is 0 Å². The topological polar surface area (TPSA) is 62.2 Å². The molecule has 0 unspecified atom stereocenters. The van der Waals surface area contributed by atoms with Gasteiger partial charge in [-0.3, -0.25) is 9.47 Å². The number of fused-ring (bicyclic) bond motifs is 1. The number of benzene rings is 1. The normalized spacial score (nSPS) is 10.9. The number of nitriles is 1. The van der Waals surface area contributed by atoms with Crippen LogP contribution in [0.1, 0.15) is 5.56 Å². The molecule has 88 valence electrons. The molecular weight excluding hydrogens is 218 g/mol. The number of hydrogen-bond donors (Lipinski definition) is 0. The van der Waals surface area contributed by atoms with Gasteiger partial charge in [0.15, 0.2) is 5.58 Å². The van der Waals surface area contributed by atoms with E-state index in [0.717, 1.165) is 11.1 Å². The van der Waals surface area contributed by atoms with Gasteiger partial charge in [-0.25, -0.2) is 4.79 Å². The van der Waals surface area contributed by atoms with E-state index in [1.807, 2.05) is 30.1 Å². The summed E-state index contributed by atoms with van der Waals surface area (Å²) in [4.78, 5) is 13.2. The third-order valence-electron chi connectivity index (χ3n) is 2.65. The third-order valence-corrected chi connectivity index (χ3v) is 2.65. The van der Waals surface area contributed by atoms with E-state index in [1.165, 1.54) is 4.57 Å². The standard InChI is InChI=1S/C12H13N3O2/c1-14(6-5-13)8-9-3-4-10-11(7-9)17-12(16)15(10)2/h3-4,7H,6,8H2,1-2H3. The molecule has 5 heteroatoms. The van der Waals surface area contributed by atoms with Crippen molar-refractivity contribution in [1.29, 1.82) is 5.26 Å². The molecule has 2 aromatic rings. The molecule has 0 amide bonds. The lowest BCUT2D eigenvalue weighted by Crippen LogP contribution is -2.17. The fourth-order valence-electron chi connectivity index (χ4n) is 1.76. The Morgan fingerprint density at radius 2 is 2.29 bits per heavy atom. The second-order valence-electron chi connectivity index (χ2n) is 4.06. The zero-order valence-electron chi connectivity index (χ0n) is 9.80. The molecule has 1 aromatic heterocycles. The number of aryl methyl sites for hydroxylation is 1. The monoisotopic (exact) mass is 231 g/mol. The number of oxazole rings is 1. The zero-order valence-corrected chi connectivity index (χ0v) is 9.80. The Balaban J connectivity index is 2.33. The van der Waals surface area contributed by atoms with Gasteiger partial charge in [0.1, 0.15) is 0 Å². The Morgan fingerprint density at radius 1 is 1.53 bits per heavy atom. The van der Waals surface area contributed by atoms with Crippen LogP contribution in [-0.4, -0.2) is 23.1 Å². The van der Waals surface area contributed by atoms with Crippen LogP contribution in [0.2, 0.25) is 0 Å². The SMILES string of the molecule is CN(CC#N)Cc1ccc2c(c1)oc(=O)n2C. The van der Waals surface area contributed by atoms with Crippen LogP contribution in [0, 0.1) is 11.3 Å². The van der Waals surface area contributed by atoms with Crippen LogP contribution in [0.25, 0.3) is 11.1 Å². The largest absolute Gasteiger partial charge is 0.419 e. The maximum absolute atomic E-state index is 11.3. The predicted octanol–water partition coefficient (Wildman–Crippen LogP) is 1.09. The molecule has 5 nitrogen and oxygen atoms in total. The molecule has 0 saturated carbocycles. The van der Waals surface area contributed by atoms with Gasteiger partial charge in [0.05, 0.1) is 18.1 Å². The maximum atomic E-state index is 11.3. The third kappa shape index (κ3) is 2.22. The van der Waals surface area contributed by atoms with E-state index in [-0.39, 0.29) is 5.76 Å². The first-order valence-electron chi connectivity index (χ1n) is 5.26. The quantitative estimate of drug-likeness (QED) is 0.742. The molecular formula is C12H13N3O2. The second kappa shape index (κ2) is 4.44. The molecule has 0 bridgehead atoms. The van der Waals surface area contributed by atoms with Crippen LogP contribution in [0.5, 0.6) is 0 Å². The van der Waals surface area contributed by atoms with E-state index in [9.17, 15) is 4.79 Å². The van der Waals surface area contributed by atoms with Crippen LogP contribution in [0.3, 0.4) is 0 Å². The highest BCUT2D eigenvalue weighted by Crippen LogP contribution is 2.15. The van der Waals surface area contributed by atoms with E-state index in [2.05, 4.69) is 6.07 Å². The highest BCUT2D eigenvalue weighted by atomic mass is 16.4. The van der Waals surface area contributed by atoms with E-state index in [4.69, 9.17) is 9.68 Å². The van der Waals surface area contributed by atoms with Crippen molar-refractivity contribution in [1.82, 2.24) is 9.47 Å². The Kier molecular flexibility index (Phi) is 2.98. The van der Waals surface area contributed by atoms with Crippen molar-refractivity contribution in [2.24, 2.45) is 7.05 Å². The molecule has 0 N–H and O–H groups in total. The van der Waals surface area contributed by atoms with Crippen LogP contribution in [0.4, 0.5) is 0 Å². The zero-order chi connectivity index (χ0) is 12.4. The van der Waals surface area contributed by atoms with Gasteiger partial charge in [-0.1, -0.05) is 6.07 Å². The van der Waals surface area contributed by atoms with E-state index >= 15 is 0 Å². The first-order valence-corrected chi connectivity index (χ1v) is 5.26. The minimum atomic E-state index is -0.359. The van der Waals surface area contributed by atoms with Crippen molar-refractivity contribution in [3.05, 3.63) is 34.3 Å². The Labute approximate surface area is 98.5 Å². The van der Waals surface area contributed by atoms with E-state index in [0.29, 0.717) is 18.7 Å². The second-order valence-corrected chi connectivity index (χ2v) is 4.06. The van der Waals surface area contributed by atoms with Crippen molar-refractivity contribution in [2.75, 3.05) is 13.6 Å². The minimum Gasteiger partial charge on any atom is -0.408 e. The summed E-state index contributed by atoms with van der Waals surface area (Å²) in [5.74, 6) is -0.359. The lowest BCUT2D eigenvalue weighted by Gasteiger charge is -2.11. The van der Waals surface area contributed by atoms with Gasteiger partial charge in [0.2, 0.25) is 0 Å². The van der Waals surface area contributed by atoms with Crippen molar-refractivity contribution in [3.8, 4) is 6.07 Å². The molecule has 1 aromatic carbocycles. The van der Waals surface area contributed by atoms with Crippen LogP contribution < -0.4 is 5.76 Å². The summed E-state index contributed by atoms with van der Waals surface area (Å²) in [5.41, 5.74) is 2.38. The van der Waals surface area contributed by atoms with Crippen LogP contribution in [-0.2, 0) is 13.6 Å². The summed E-state index contributed by atoms with van der Waals surface area (Å²) < 4.78 is 6.58. The van der Waals surface area contributed by atoms with Gasteiger partial charge in [-0.15, -0.1) is 0 Å². The number of aromatic nitrogens is 1. The molecule has 0 aliphatic carbocycles. The number of hydrogen-bond acceptors (Lipinski definition) is 4. The van der Waals surface area contributed by atoms with Gasteiger partial charge < -0.3 is 4.42 Å². The summed E-state index contributed by atoms with van der Waals surface area (Å²) in [6.45, 7) is 1.03. The lowest BCUT2D eigenvalue weighted by molar-refractivity contribution is 0.367. The van der Waals surface area contributed by atoms with Gasteiger partial charge in [-0.05, 0) is 24.7 Å². The van der Waals surface area contributed by atoms with Crippen molar-refractivity contribution in [3.63, 3.8) is 0 Å². The highest BCUT2D eigenvalue weighted by molar-refractivity contribution is 5.73. The van der Waals surface area contributed by atoms with Gasteiger partial charge in [0, 0.05) is 13.6 Å². The minimum absolute atomic E-state index is 0.359. The molecule has 0 fully saturated rings. The predicted molar refractivity (Wildman–Crippen MR) is 63.4 cm³/mol. The molecule has 2 rings (SSSR count). The molecule has 0 saturated heterocycles. The highest BCUT2D eigenvalue weighted by Gasteiger charge is 2.07. The average molecular weight is 231 g/mol. The average Bonchev–Trinajstić information content (AvgIpc) is 2.55. The van der Waals surface area contributed by atoms with Gasteiger partial charge >= 0.3 is 5.76 Å². The molecule has 0 aliphatic rings. The summed E-state index contributed by atoms with van der Waals surface area (Å²) in [5, 5.41) is 8.57. The molecule has 0 atom stereocenters. The summed E-state index contributed by atoms with van der Waals surface area (Å²) in [7, 11) is 3.55. The Bertz CT molecular complexity index is 633. The van der Waals surface area contributed by atoms with Gasteiger partial charge in [0.25, 0.3) is 0 Å². The molecule has 1 heterocycles. The fourth-order valence-corrected chi connectivity index (χ4v) is 1.76. The van der Waals surface area contributed by atoms with Crippen LogP contribution in [0.15, 0.2) is 27.4 Å². The summed E-state index contributed by atoms with van der Waals surface area (Å²) in [6, 6.07) is 7.72. The smallest absolute Gasteiger partial charge is 0.408 e. The first kappa shape index (κ1) is 11.4. The summed E-state index contributed by atoms with van der Waals surface area (Å²) >= 11 is 0. The summed E-state index contributed by atoms with van der Waals surface area (Å²) in [6.07, 6.45) is 0. The van der Waals surface area contributed by atoms with Gasteiger partial charge in [-0.2, -0.15) is 5.26 Å². The molecule has 0 radical (unpaired) electrons. The van der Waals surface area contributed by atoms with E-state index in [1.54, 1.807) is 7.05 Å². The number of nitrogens with zero attached hydrogens (tertiary/aromatic N) is 3. The maximum Gasteiger partial charge on any atom is 0.419 e. The Hall–Kier alpha value is -2.06. The molecule has 17 heavy (non-hydrogen) atoms. The van der Waals surface area contributed by atoms with Crippen molar-refractivity contribution >= 4 is 11.1 Å². The van der Waals surface area contributed by atoms with Crippen LogP contribution >= 0.6 is 0 Å².